The Bertz CT molecular complexity index is 582. The number of rotatable bonds is 4. The van der Waals surface area contributed by atoms with Crippen LogP contribution in [0.3, 0.4) is 0 Å². The van der Waals surface area contributed by atoms with Gasteiger partial charge in [-0.25, -0.2) is 0 Å². The van der Waals surface area contributed by atoms with Crippen molar-refractivity contribution in [3.8, 4) is 12.3 Å². The van der Waals surface area contributed by atoms with Gasteiger partial charge >= 0.3 is 0 Å². The van der Waals surface area contributed by atoms with Crippen LogP contribution in [0.4, 0.5) is 0 Å². The molecule has 5 atom stereocenters. The van der Waals surface area contributed by atoms with Crippen LogP contribution in [0.2, 0.25) is 36.3 Å². The molecule has 6 heteroatoms. The van der Waals surface area contributed by atoms with E-state index < -0.39 is 28.3 Å². The van der Waals surface area contributed by atoms with Gasteiger partial charge in [0.15, 0.2) is 22.2 Å². The average Bonchev–Trinajstić information content (AvgIpc) is 3.21. The van der Waals surface area contributed by atoms with Gasteiger partial charge in [0, 0.05) is 6.42 Å². The van der Waals surface area contributed by atoms with Crippen LogP contribution in [0.1, 0.15) is 48.0 Å². The smallest absolute Gasteiger partial charge is 0.192 e. The van der Waals surface area contributed by atoms with Gasteiger partial charge in [-0.05, 0) is 36.3 Å². The van der Waals surface area contributed by atoms with Gasteiger partial charge in [0.1, 0.15) is 18.3 Å². The first-order valence-electron chi connectivity index (χ1n) is 9.66. The second-order valence-corrected chi connectivity index (χ2v) is 20.6. The van der Waals surface area contributed by atoms with Gasteiger partial charge in [-0.2, -0.15) is 0 Å². The zero-order valence-corrected chi connectivity index (χ0v) is 20.3. The second kappa shape index (κ2) is 6.43. The van der Waals surface area contributed by atoms with E-state index >= 15 is 0 Å². The van der Waals surface area contributed by atoms with Crippen molar-refractivity contribution in [1.29, 1.82) is 0 Å². The average molecular weight is 399 g/mol. The zero-order valence-electron chi connectivity index (χ0n) is 18.3. The Balaban J connectivity index is 2.21. The second-order valence-electron chi connectivity index (χ2n) is 11.1. The number of epoxide rings is 1. The van der Waals surface area contributed by atoms with Crippen molar-refractivity contribution in [3.05, 3.63) is 0 Å². The molecule has 2 aliphatic rings. The van der Waals surface area contributed by atoms with Crippen molar-refractivity contribution in [2.45, 2.75) is 114 Å². The molecule has 2 rings (SSSR count). The molecule has 1 saturated carbocycles. The number of ether oxygens (including phenoxy) is 1. The fourth-order valence-corrected chi connectivity index (χ4v) is 5.60. The van der Waals surface area contributed by atoms with E-state index in [9.17, 15) is 5.11 Å². The predicted octanol–water partition coefficient (Wildman–Crippen LogP) is 4.30. The molecule has 0 aromatic heterocycles. The van der Waals surface area contributed by atoms with Gasteiger partial charge in [0.25, 0.3) is 0 Å². The maximum absolute atomic E-state index is 11.3. The Morgan fingerprint density at radius 2 is 1.42 bits per heavy atom. The summed E-state index contributed by atoms with van der Waals surface area (Å²) in [4.78, 5) is 0. The SMILES string of the molecule is C#C[C@]1(O)C[C@@H](O[Si](C)(C)C(C)(C)C)C2OC2[C@H]1O[Si](C)(C)C(C)(C)C. The Morgan fingerprint density at radius 1 is 0.962 bits per heavy atom. The van der Waals surface area contributed by atoms with Gasteiger partial charge in [0.2, 0.25) is 0 Å². The monoisotopic (exact) mass is 398 g/mol. The number of fused-ring (bicyclic) bond motifs is 1. The van der Waals surface area contributed by atoms with Crippen LogP contribution in [-0.2, 0) is 13.6 Å². The van der Waals surface area contributed by atoms with Crippen molar-refractivity contribution in [2.75, 3.05) is 0 Å². The van der Waals surface area contributed by atoms with Crippen molar-refractivity contribution in [3.63, 3.8) is 0 Å². The van der Waals surface area contributed by atoms with E-state index in [4.69, 9.17) is 20.0 Å². The maximum atomic E-state index is 11.3. The first-order chi connectivity index (χ1) is 11.5. The van der Waals surface area contributed by atoms with Gasteiger partial charge in [0.05, 0.1) is 6.10 Å². The summed E-state index contributed by atoms with van der Waals surface area (Å²) in [6, 6.07) is 0. The fraction of sp³-hybridized carbons (Fsp3) is 0.900. The van der Waals surface area contributed by atoms with Crippen LogP contribution in [0.25, 0.3) is 0 Å². The zero-order chi connectivity index (χ0) is 20.3. The molecule has 26 heavy (non-hydrogen) atoms. The van der Waals surface area contributed by atoms with E-state index in [1.54, 1.807) is 0 Å². The molecule has 1 N–H and O–H groups in total. The molecular weight excluding hydrogens is 360 g/mol. The Hall–Kier alpha value is -0.166. The Morgan fingerprint density at radius 3 is 1.85 bits per heavy atom. The Labute approximate surface area is 162 Å². The minimum atomic E-state index is -2.08. The minimum absolute atomic E-state index is 0.0208. The first-order valence-corrected chi connectivity index (χ1v) is 15.5. The standard InChI is InChI=1S/C20H38O4Si2/c1-12-20(21)13-14(23-25(8,9)18(2,3)4)15-16(22-15)17(20)24-26(10,11)19(5,6)7/h1,14-17,21H,13H2,2-11H3/t14-,15?,16?,17-,20+/m1/s1. The summed E-state index contributed by atoms with van der Waals surface area (Å²) in [6.45, 7) is 22.0. The molecule has 2 unspecified atom stereocenters. The molecule has 0 amide bonds. The molecule has 1 aliphatic carbocycles. The van der Waals surface area contributed by atoms with E-state index in [0.717, 1.165) is 0 Å². The molecular formula is C20H38O4Si2. The molecule has 0 bridgehead atoms. The normalized spacial score (nSPS) is 35.6. The quantitative estimate of drug-likeness (QED) is 0.436. The summed E-state index contributed by atoms with van der Waals surface area (Å²) >= 11 is 0. The Kier molecular flexibility index (Phi) is 5.47. The third kappa shape index (κ3) is 3.99. The van der Waals surface area contributed by atoms with E-state index in [0.29, 0.717) is 6.42 Å². The van der Waals surface area contributed by atoms with Crippen molar-refractivity contribution in [1.82, 2.24) is 0 Å². The van der Waals surface area contributed by atoms with Crippen molar-refractivity contribution in [2.24, 2.45) is 0 Å². The van der Waals surface area contributed by atoms with Crippen LogP contribution in [0.5, 0.6) is 0 Å². The highest BCUT2D eigenvalue weighted by Gasteiger charge is 2.65. The van der Waals surface area contributed by atoms with Crippen LogP contribution < -0.4 is 0 Å². The molecule has 0 radical (unpaired) electrons. The molecule has 1 heterocycles. The largest absolute Gasteiger partial charge is 0.411 e. The summed E-state index contributed by atoms with van der Waals surface area (Å²) in [5.74, 6) is 2.62. The summed E-state index contributed by atoms with van der Waals surface area (Å²) in [6.07, 6.45) is 5.32. The highest BCUT2D eigenvalue weighted by molar-refractivity contribution is 6.74. The summed E-state index contributed by atoms with van der Waals surface area (Å²) in [7, 11) is -4.05. The van der Waals surface area contributed by atoms with Crippen molar-refractivity contribution >= 4 is 16.6 Å². The lowest BCUT2D eigenvalue weighted by atomic mass is 9.81. The fourth-order valence-electron chi connectivity index (χ4n) is 2.95. The molecule has 1 saturated heterocycles. The molecule has 4 nitrogen and oxygen atoms in total. The summed E-state index contributed by atoms with van der Waals surface area (Å²) in [5.41, 5.74) is -1.35. The van der Waals surface area contributed by atoms with Gasteiger partial charge < -0.3 is 18.7 Å². The number of hydrogen-bond acceptors (Lipinski definition) is 4. The topological polar surface area (TPSA) is 51.2 Å². The number of aliphatic hydroxyl groups is 1. The predicted molar refractivity (Wildman–Crippen MR) is 111 cm³/mol. The lowest BCUT2D eigenvalue weighted by Crippen LogP contribution is -2.60. The van der Waals surface area contributed by atoms with Crippen LogP contribution in [0, 0.1) is 12.3 Å². The van der Waals surface area contributed by atoms with E-state index in [1.807, 2.05) is 0 Å². The summed E-state index contributed by atoms with van der Waals surface area (Å²) in [5, 5.41) is 11.4. The van der Waals surface area contributed by atoms with E-state index in [1.165, 1.54) is 0 Å². The van der Waals surface area contributed by atoms with Crippen molar-refractivity contribution < 1.29 is 18.7 Å². The molecule has 0 spiro atoms. The number of hydrogen-bond donors (Lipinski definition) is 1. The highest BCUT2D eigenvalue weighted by Crippen LogP contribution is 2.50. The van der Waals surface area contributed by atoms with E-state index in [-0.39, 0.29) is 28.4 Å². The third-order valence-corrected chi connectivity index (χ3v) is 15.9. The highest BCUT2D eigenvalue weighted by atomic mass is 28.4. The van der Waals surface area contributed by atoms with Crippen LogP contribution >= 0.6 is 0 Å². The molecule has 2 fully saturated rings. The summed E-state index contributed by atoms with van der Waals surface area (Å²) < 4.78 is 19.0. The van der Waals surface area contributed by atoms with Gasteiger partial charge in [-0.15, -0.1) is 6.42 Å². The van der Waals surface area contributed by atoms with Gasteiger partial charge in [-0.1, -0.05) is 47.5 Å². The molecule has 1 aliphatic heterocycles. The number of terminal acetylenes is 1. The van der Waals surface area contributed by atoms with Gasteiger partial charge in [-0.3, -0.25) is 0 Å². The third-order valence-electron chi connectivity index (χ3n) is 6.94. The molecule has 0 aromatic carbocycles. The van der Waals surface area contributed by atoms with Crippen LogP contribution in [-0.4, -0.2) is 51.8 Å². The minimum Gasteiger partial charge on any atom is -0.411 e. The lowest BCUT2D eigenvalue weighted by molar-refractivity contribution is -0.0700. The van der Waals surface area contributed by atoms with E-state index in [2.05, 4.69) is 73.7 Å². The molecule has 150 valence electrons. The maximum Gasteiger partial charge on any atom is 0.192 e. The first kappa shape index (κ1) is 22.1. The lowest BCUT2D eigenvalue weighted by Gasteiger charge is -2.46. The molecule has 0 aromatic rings. The van der Waals surface area contributed by atoms with Crippen LogP contribution in [0.15, 0.2) is 0 Å².